The fourth-order valence-electron chi connectivity index (χ4n) is 5.63. The predicted molar refractivity (Wildman–Crippen MR) is 107 cm³/mol. The highest BCUT2D eigenvalue weighted by Crippen LogP contribution is 2.70. The summed E-state index contributed by atoms with van der Waals surface area (Å²) in [4.78, 5) is 27.2. The standard InChI is InChI=1S/C23H38O4/c1-14(2)12-26-20(24)22(16(5)6)18-9-10-19(11-18)23(22,17(7)8)21(25)27-13-15(3)4/h9-10,14-19H,11-13H2,1-8H3. The number of carbonyl (C=O) groups is 2. The number of hydrogen-bond donors (Lipinski definition) is 0. The summed E-state index contributed by atoms with van der Waals surface area (Å²) in [6.45, 7) is 17.1. The Morgan fingerprint density at radius 3 is 1.37 bits per heavy atom. The Labute approximate surface area is 165 Å². The number of fused-ring (bicyclic) bond motifs is 2. The number of allylic oxidation sites excluding steroid dienone is 2. The first-order valence-electron chi connectivity index (χ1n) is 10.6. The van der Waals surface area contributed by atoms with Crippen LogP contribution in [0.3, 0.4) is 0 Å². The third kappa shape index (κ3) is 3.23. The van der Waals surface area contributed by atoms with E-state index >= 15 is 0 Å². The SMILES string of the molecule is CC(C)COC(=O)C1(C(C)C)C2C=CC(C2)C1(C(=O)OCC(C)C)C(C)C. The van der Waals surface area contributed by atoms with Crippen molar-refractivity contribution in [3.05, 3.63) is 12.2 Å². The van der Waals surface area contributed by atoms with Gasteiger partial charge >= 0.3 is 11.9 Å². The van der Waals surface area contributed by atoms with E-state index in [4.69, 9.17) is 9.47 Å². The third-order valence-corrected chi connectivity index (χ3v) is 6.53. The van der Waals surface area contributed by atoms with Crippen LogP contribution in [0.1, 0.15) is 61.8 Å². The minimum Gasteiger partial charge on any atom is -0.465 e. The van der Waals surface area contributed by atoms with Gasteiger partial charge in [0.1, 0.15) is 0 Å². The van der Waals surface area contributed by atoms with E-state index in [0.29, 0.717) is 13.2 Å². The van der Waals surface area contributed by atoms with E-state index in [1.54, 1.807) is 0 Å². The van der Waals surface area contributed by atoms with E-state index in [1.807, 2.05) is 27.7 Å². The third-order valence-electron chi connectivity index (χ3n) is 6.53. The molecule has 1 fully saturated rings. The first kappa shape index (κ1) is 22.0. The molecule has 2 bridgehead atoms. The zero-order chi connectivity index (χ0) is 20.6. The van der Waals surface area contributed by atoms with Gasteiger partial charge in [0.05, 0.1) is 24.0 Å². The average molecular weight is 379 g/mol. The fraction of sp³-hybridized carbons (Fsp3) is 0.826. The van der Waals surface area contributed by atoms with Gasteiger partial charge in [-0.1, -0.05) is 67.5 Å². The second-order valence-corrected chi connectivity index (χ2v) is 9.87. The Morgan fingerprint density at radius 2 is 1.11 bits per heavy atom. The molecule has 0 saturated heterocycles. The van der Waals surface area contributed by atoms with Gasteiger partial charge in [-0.2, -0.15) is 0 Å². The van der Waals surface area contributed by atoms with Gasteiger partial charge in [0.2, 0.25) is 0 Å². The summed E-state index contributed by atoms with van der Waals surface area (Å²) in [5.41, 5.74) is -1.74. The van der Waals surface area contributed by atoms with E-state index in [2.05, 4.69) is 39.8 Å². The van der Waals surface area contributed by atoms with Crippen molar-refractivity contribution in [2.75, 3.05) is 13.2 Å². The topological polar surface area (TPSA) is 52.6 Å². The highest BCUT2D eigenvalue weighted by Gasteiger charge is 2.76. The predicted octanol–water partition coefficient (Wildman–Crippen LogP) is 4.88. The van der Waals surface area contributed by atoms with Crippen LogP contribution in [-0.2, 0) is 19.1 Å². The fourth-order valence-corrected chi connectivity index (χ4v) is 5.63. The second kappa shape index (κ2) is 7.97. The molecule has 27 heavy (non-hydrogen) atoms. The van der Waals surface area contributed by atoms with E-state index in [-0.39, 0.29) is 47.4 Å². The molecule has 4 heteroatoms. The molecule has 0 amide bonds. The number of carbonyl (C=O) groups excluding carboxylic acids is 2. The molecule has 0 heterocycles. The lowest BCUT2D eigenvalue weighted by atomic mass is 9.49. The van der Waals surface area contributed by atoms with E-state index in [0.717, 1.165) is 6.42 Å². The van der Waals surface area contributed by atoms with Gasteiger partial charge in [0.15, 0.2) is 0 Å². The molecule has 4 atom stereocenters. The summed E-state index contributed by atoms with van der Waals surface area (Å²) in [6, 6.07) is 0. The van der Waals surface area contributed by atoms with Crippen LogP contribution in [0.4, 0.5) is 0 Å². The Bertz CT molecular complexity index is 539. The number of ether oxygens (including phenoxy) is 2. The molecule has 0 N–H and O–H groups in total. The van der Waals surface area contributed by atoms with Crippen LogP contribution in [0, 0.1) is 46.3 Å². The van der Waals surface area contributed by atoms with E-state index < -0.39 is 10.8 Å². The van der Waals surface area contributed by atoms with Crippen molar-refractivity contribution >= 4 is 11.9 Å². The number of esters is 2. The van der Waals surface area contributed by atoms with Crippen LogP contribution < -0.4 is 0 Å². The van der Waals surface area contributed by atoms with Gasteiger partial charge in [-0.25, -0.2) is 0 Å². The van der Waals surface area contributed by atoms with Crippen molar-refractivity contribution in [1.29, 1.82) is 0 Å². The molecule has 4 nitrogen and oxygen atoms in total. The molecule has 0 aromatic carbocycles. The monoisotopic (exact) mass is 378 g/mol. The van der Waals surface area contributed by atoms with Crippen molar-refractivity contribution in [3.8, 4) is 0 Å². The lowest BCUT2D eigenvalue weighted by Crippen LogP contribution is -2.61. The first-order chi connectivity index (χ1) is 12.5. The van der Waals surface area contributed by atoms with Gasteiger partial charge in [-0.05, 0) is 41.9 Å². The molecule has 0 aromatic rings. The second-order valence-electron chi connectivity index (χ2n) is 9.87. The summed E-state index contributed by atoms with van der Waals surface area (Å²) >= 11 is 0. The summed E-state index contributed by atoms with van der Waals surface area (Å²) in [5.74, 6) is 0.0725. The van der Waals surface area contributed by atoms with Crippen molar-refractivity contribution < 1.29 is 19.1 Å². The maximum atomic E-state index is 13.6. The van der Waals surface area contributed by atoms with Crippen LogP contribution >= 0.6 is 0 Å². The Morgan fingerprint density at radius 1 is 0.778 bits per heavy atom. The largest absolute Gasteiger partial charge is 0.465 e. The summed E-state index contributed by atoms with van der Waals surface area (Å²) in [6.07, 6.45) is 5.10. The minimum absolute atomic E-state index is 0.0221. The highest BCUT2D eigenvalue weighted by atomic mass is 16.5. The molecular weight excluding hydrogens is 340 g/mol. The Kier molecular flexibility index (Phi) is 6.48. The summed E-state index contributed by atoms with van der Waals surface area (Å²) in [7, 11) is 0. The average Bonchev–Trinajstić information content (AvgIpc) is 3.15. The summed E-state index contributed by atoms with van der Waals surface area (Å²) < 4.78 is 11.6. The van der Waals surface area contributed by atoms with Gasteiger partial charge in [-0.15, -0.1) is 0 Å². The zero-order valence-electron chi connectivity index (χ0n) is 18.4. The molecule has 2 aliphatic carbocycles. The number of rotatable bonds is 8. The van der Waals surface area contributed by atoms with Crippen LogP contribution in [0.2, 0.25) is 0 Å². The molecule has 0 radical (unpaired) electrons. The zero-order valence-corrected chi connectivity index (χ0v) is 18.4. The van der Waals surface area contributed by atoms with Crippen molar-refractivity contribution in [2.24, 2.45) is 46.3 Å². The molecule has 4 unspecified atom stereocenters. The molecule has 0 aliphatic heterocycles. The smallest absolute Gasteiger partial charge is 0.314 e. The van der Waals surface area contributed by atoms with Crippen LogP contribution in [0.25, 0.3) is 0 Å². The first-order valence-corrected chi connectivity index (χ1v) is 10.6. The molecular formula is C23H38O4. The molecule has 2 aliphatic rings. The quantitative estimate of drug-likeness (QED) is 0.446. The molecule has 0 aromatic heterocycles. The molecule has 2 rings (SSSR count). The Hall–Kier alpha value is -1.32. The van der Waals surface area contributed by atoms with Crippen LogP contribution in [0.5, 0.6) is 0 Å². The van der Waals surface area contributed by atoms with Crippen LogP contribution in [0.15, 0.2) is 12.2 Å². The minimum atomic E-state index is -0.871. The lowest BCUT2D eigenvalue weighted by Gasteiger charge is -2.52. The summed E-state index contributed by atoms with van der Waals surface area (Å²) in [5, 5.41) is 0. The number of hydrogen-bond acceptors (Lipinski definition) is 4. The van der Waals surface area contributed by atoms with Crippen LogP contribution in [-0.4, -0.2) is 25.2 Å². The maximum Gasteiger partial charge on any atom is 0.314 e. The lowest BCUT2D eigenvalue weighted by molar-refractivity contribution is -0.196. The molecule has 154 valence electrons. The van der Waals surface area contributed by atoms with E-state index in [9.17, 15) is 9.59 Å². The van der Waals surface area contributed by atoms with Crippen molar-refractivity contribution in [3.63, 3.8) is 0 Å². The molecule has 1 saturated carbocycles. The molecule has 0 spiro atoms. The van der Waals surface area contributed by atoms with Gasteiger partial charge in [0, 0.05) is 0 Å². The van der Waals surface area contributed by atoms with Crippen molar-refractivity contribution in [2.45, 2.75) is 61.8 Å². The normalized spacial score (nSPS) is 32.1. The van der Waals surface area contributed by atoms with E-state index in [1.165, 1.54) is 0 Å². The van der Waals surface area contributed by atoms with Crippen molar-refractivity contribution in [1.82, 2.24) is 0 Å². The van der Waals surface area contributed by atoms with Gasteiger partial charge in [-0.3, -0.25) is 9.59 Å². The van der Waals surface area contributed by atoms with Gasteiger partial charge in [0.25, 0.3) is 0 Å². The van der Waals surface area contributed by atoms with Gasteiger partial charge < -0.3 is 9.47 Å². The Balaban J connectivity index is 2.58. The maximum absolute atomic E-state index is 13.6. The highest BCUT2D eigenvalue weighted by molar-refractivity contribution is 5.91.